The zero-order valence-corrected chi connectivity index (χ0v) is 11.3. The summed E-state index contributed by atoms with van der Waals surface area (Å²) in [6.45, 7) is 4.89. The predicted octanol–water partition coefficient (Wildman–Crippen LogP) is 4.30. The van der Waals surface area contributed by atoms with E-state index in [0.717, 1.165) is 18.7 Å². The van der Waals surface area contributed by atoms with Crippen LogP contribution in [0, 0.1) is 23.4 Å². The number of thiazole rings is 1. The fourth-order valence-corrected chi connectivity index (χ4v) is 2.29. The Hall–Kier alpha value is -1.56. The van der Waals surface area contributed by atoms with Crippen LogP contribution in [0.25, 0.3) is 10.4 Å². The van der Waals surface area contributed by atoms with Crippen LogP contribution in [0.5, 0.6) is 0 Å². The van der Waals surface area contributed by atoms with E-state index in [1.807, 2.05) is 0 Å². The first kappa shape index (κ1) is 13.9. The molecule has 0 saturated carbocycles. The quantitative estimate of drug-likeness (QED) is 0.848. The van der Waals surface area contributed by atoms with Gasteiger partial charge in [-0.1, -0.05) is 25.2 Å². The van der Waals surface area contributed by atoms with Gasteiger partial charge in [0.15, 0.2) is 22.6 Å². The second-order valence-electron chi connectivity index (χ2n) is 4.56. The number of aromatic nitrogens is 1. The molecule has 0 amide bonds. The summed E-state index contributed by atoms with van der Waals surface area (Å²) in [7, 11) is 0. The molecule has 0 aliphatic heterocycles. The third-order valence-corrected chi connectivity index (χ3v) is 3.44. The van der Waals surface area contributed by atoms with Gasteiger partial charge in [0.25, 0.3) is 0 Å². The lowest BCUT2D eigenvalue weighted by molar-refractivity contribution is 0.448. The molecule has 102 valence electrons. The van der Waals surface area contributed by atoms with Crippen LogP contribution in [-0.4, -0.2) is 11.5 Å². The molecule has 2 rings (SSSR count). The minimum atomic E-state index is -1.45. The Kier molecular flexibility index (Phi) is 4.09. The first-order chi connectivity index (χ1) is 8.97. The molecule has 2 nitrogen and oxygen atoms in total. The summed E-state index contributed by atoms with van der Waals surface area (Å²) >= 11 is 1.27. The Bertz CT molecular complexity index is 558. The zero-order chi connectivity index (χ0) is 14.0. The number of benzene rings is 1. The number of hydrogen-bond donors (Lipinski definition) is 1. The largest absolute Gasteiger partial charge is 0.361 e. The fraction of sp³-hybridized carbons (Fsp3) is 0.308. The average Bonchev–Trinajstić information content (AvgIpc) is 2.81. The van der Waals surface area contributed by atoms with Crippen LogP contribution in [0.15, 0.2) is 18.3 Å². The second-order valence-corrected chi connectivity index (χ2v) is 5.59. The molecule has 1 aromatic heterocycles. The lowest BCUT2D eigenvalue weighted by Crippen LogP contribution is -2.07. The highest BCUT2D eigenvalue weighted by atomic mass is 32.1. The van der Waals surface area contributed by atoms with E-state index >= 15 is 0 Å². The Labute approximate surface area is 113 Å². The molecule has 0 atom stereocenters. The monoisotopic (exact) mass is 286 g/mol. The van der Waals surface area contributed by atoms with Crippen LogP contribution in [0.4, 0.5) is 18.3 Å². The van der Waals surface area contributed by atoms with E-state index in [0.29, 0.717) is 15.9 Å². The molecule has 6 heteroatoms. The van der Waals surface area contributed by atoms with Crippen molar-refractivity contribution in [2.45, 2.75) is 13.8 Å². The maximum Gasteiger partial charge on any atom is 0.194 e. The normalized spacial score (nSPS) is 11.1. The minimum Gasteiger partial charge on any atom is -0.361 e. The van der Waals surface area contributed by atoms with Gasteiger partial charge in [-0.25, -0.2) is 18.2 Å². The smallest absolute Gasteiger partial charge is 0.194 e. The van der Waals surface area contributed by atoms with Crippen LogP contribution in [-0.2, 0) is 0 Å². The SMILES string of the molecule is CC(C)CNc1ncc(-c2cc(F)c(F)c(F)c2)s1. The van der Waals surface area contributed by atoms with Crippen molar-refractivity contribution < 1.29 is 13.2 Å². The molecular weight excluding hydrogens is 273 g/mol. The average molecular weight is 286 g/mol. The van der Waals surface area contributed by atoms with Crippen molar-refractivity contribution in [1.29, 1.82) is 0 Å². The molecule has 1 N–H and O–H groups in total. The molecule has 0 spiro atoms. The lowest BCUT2D eigenvalue weighted by atomic mass is 10.2. The van der Waals surface area contributed by atoms with Gasteiger partial charge in [-0.15, -0.1) is 0 Å². The highest BCUT2D eigenvalue weighted by molar-refractivity contribution is 7.18. The molecule has 0 aliphatic carbocycles. The molecule has 0 unspecified atom stereocenters. The van der Waals surface area contributed by atoms with Gasteiger partial charge in [-0.2, -0.15) is 0 Å². The number of nitrogens with zero attached hydrogens (tertiary/aromatic N) is 1. The molecule has 0 radical (unpaired) electrons. The first-order valence-corrected chi connectivity index (χ1v) is 6.63. The van der Waals surface area contributed by atoms with E-state index < -0.39 is 17.5 Å². The third kappa shape index (κ3) is 3.26. The van der Waals surface area contributed by atoms with Gasteiger partial charge in [0.1, 0.15) is 0 Å². The summed E-state index contributed by atoms with van der Waals surface area (Å²) in [6.07, 6.45) is 1.51. The number of halogens is 3. The first-order valence-electron chi connectivity index (χ1n) is 5.82. The summed E-state index contributed by atoms with van der Waals surface area (Å²) in [6, 6.07) is 1.94. The Morgan fingerprint density at radius 3 is 2.42 bits per heavy atom. The highest BCUT2D eigenvalue weighted by Gasteiger charge is 2.13. The van der Waals surface area contributed by atoms with E-state index in [2.05, 4.69) is 24.1 Å². The predicted molar refractivity (Wildman–Crippen MR) is 70.8 cm³/mol. The van der Waals surface area contributed by atoms with Gasteiger partial charge in [0.2, 0.25) is 0 Å². The number of rotatable bonds is 4. The van der Waals surface area contributed by atoms with Crippen molar-refractivity contribution >= 4 is 16.5 Å². The topological polar surface area (TPSA) is 24.9 Å². The van der Waals surface area contributed by atoms with E-state index in [4.69, 9.17) is 0 Å². The molecule has 1 aromatic carbocycles. The number of hydrogen-bond acceptors (Lipinski definition) is 3. The van der Waals surface area contributed by atoms with E-state index in [-0.39, 0.29) is 5.56 Å². The zero-order valence-electron chi connectivity index (χ0n) is 10.5. The van der Waals surface area contributed by atoms with Crippen LogP contribution in [0.2, 0.25) is 0 Å². The van der Waals surface area contributed by atoms with Gasteiger partial charge in [-0.05, 0) is 23.6 Å². The molecule has 1 heterocycles. The standard InChI is InChI=1S/C13H13F3N2S/c1-7(2)5-17-13-18-6-11(19-13)8-3-9(14)12(16)10(15)4-8/h3-4,6-7H,5H2,1-2H3,(H,17,18). The van der Waals surface area contributed by atoms with Crippen LogP contribution in [0.3, 0.4) is 0 Å². The van der Waals surface area contributed by atoms with Crippen molar-refractivity contribution in [1.82, 2.24) is 4.98 Å². The molecule has 19 heavy (non-hydrogen) atoms. The van der Waals surface area contributed by atoms with Crippen molar-refractivity contribution in [3.63, 3.8) is 0 Å². The van der Waals surface area contributed by atoms with Gasteiger partial charge < -0.3 is 5.32 Å². The van der Waals surface area contributed by atoms with Crippen molar-refractivity contribution in [3.8, 4) is 10.4 Å². The van der Waals surface area contributed by atoms with Gasteiger partial charge in [0, 0.05) is 12.7 Å². The molecule has 2 aromatic rings. The fourth-order valence-electron chi connectivity index (χ4n) is 1.48. The van der Waals surface area contributed by atoms with Gasteiger partial charge in [0.05, 0.1) is 4.88 Å². The van der Waals surface area contributed by atoms with Gasteiger partial charge in [-0.3, -0.25) is 0 Å². The lowest BCUT2D eigenvalue weighted by Gasteiger charge is -2.04. The molecule has 0 bridgehead atoms. The van der Waals surface area contributed by atoms with Crippen molar-refractivity contribution in [3.05, 3.63) is 35.8 Å². The summed E-state index contributed by atoms with van der Waals surface area (Å²) < 4.78 is 39.1. The van der Waals surface area contributed by atoms with Crippen molar-refractivity contribution in [2.75, 3.05) is 11.9 Å². The van der Waals surface area contributed by atoms with Crippen LogP contribution < -0.4 is 5.32 Å². The van der Waals surface area contributed by atoms with Crippen molar-refractivity contribution in [2.24, 2.45) is 5.92 Å². The summed E-state index contributed by atoms with van der Waals surface area (Å²) in [4.78, 5) is 4.70. The Morgan fingerprint density at radius 2 is 1.84 bits per heavy atom. The van der Waals surface area contributed by atoms with E-state index in [1.165, 1.54) is 17.5 Å². The minimum absolute atomic E-state index is 0.284. The highest BCUT2D eigenvalue weighted by Crippen LogP contribution is 2.30. The summed E-state index contributed by atoms with van der Waals surface area (Å²) in [5.74, 6) is -3.38. The number of anilines is 1. The van der Waals surface area contributed by atoms with Gasteiger partial charge >= 0.3 is 0 Å². The molecule has 0 saturated heterocycles. The summed E-state index contributed by atoms with van der Waals surface area (Å²) in [5.41, 5.74) is 0.284. The maximum atomic E-state index is 13.1. The number of nitrogens with one attached hydrogen (secondary N) is 1. The third-order valence-electron chi connectivity index (χ3n) is 2.44. The maximum absolute atomic E-state index is 13.1. The summed E-state index contributed by atoms with van der Waals surface area (Å²) in [5, 5.41) is 3.80. The Balaban J connectivity index is 2.23. The van der Waals surface area contributed by atoms with E-state index in [1.54, 1.807) is 0 Å². The van der Waals surface area contributed by atoms with Crippen LogP contribution in [0.1, 0.15) is 13.8 Å². The molecule has 0 fully saturated rings. The van der Waals surface area contributed by atoms with Crippen LogP contribution >= 0.6 is 11.3 Å². The van der Waals surface area contributed by atoms with E-state index in [9.17, 15) is 13.2 Å². The Morgan fingerprint density at radius 1 is 1.21 bits per heavy atom. The second kappa shape index (κ2) is 5.61. The molecular formula is C13H13F3N2S. The molecule has 0 aliphatic rings.